The van der Waals surface area contributed by atoms with Gasteiger partial charge in [-0.3, -0.25) is 0 Å². The van der Waals surface area contributed by atoms with Gasteiger partial charge in [-0.2, -0.15) is 0 Å². The lowest BCUT2D eigenvalue weighted by Crippen LogP contribution is -2.22. The first-order valence-electron chi connectivity index (χ1n) is 5.87. The average molecular weight is 300 g/mol. The lowest BCUT2D eigenvalue weighted by Gasteiger charge is -2.02. The third-order valence-corrected chi connectivity index (χ3v) is 5.37. The summed E-state index contributed by atoms with van der Waals surface area (Å²) in [5.41, 5.74) is 1.71. The Bertz CT molecular complexity index is 604. The highest BCUT2D eigenvalue weighted by Gasteiger charge is 2.16. The fourth-order valence-electron chi connectivity index (χ4n) is 1.48. The van der Waals surface area contributed by atoms with Crippen LogP contribution in [0.4, 0.5) is 0 Å². The Balaban J connectivity index is 2.00. The van der Waals surface area contributed by atoms with E-state index in [1.165, 1.54) is 17.7 Å². The second kappa shape index (κ2) is 6.29. The molecule has 19 heavy (non-hydrogen) atoms. The van der Waals surface area contributed by atoms with Crippen molar-refractivity contribution < 1.29 is 8.42 Å². The van der Waals surface area contributed by atoms with Gasteiger partial charge in [0.25, 0.3) is 0 Å². The number of H-pyrrole nitrogens is 1. The SMILES string of the molecule is CCNCc1csc(S(=O)(=O)NCc2cnc[nH]2)c1. The number of aromatic amines is 1. The van der Waals surface area contributed by atoms with E-state index in [4.69, 9.17) is 0 Å². The van der Waals surface area contributed by atoms with Crippen LogP contribution in [0.25, 0.3) is 0 Å². The molecule has 2 rings (SSSR count). The predicted molar refractivity (Wildman–Crippen MR) is 74.3 cm³/mol. The van der Waals surface area contributed by atoms with Crippen LogP contribution < -0.4 is 10.0 Å². The third-order valence-electron chi connectivity index (χ3n) is 2.48. The molecular weight excluding hydrogens is 284 g/mol. The molecule has 2 aromatic rings. The second-order valence-corrected chi connectivity index (χ2v) is 6.86. The van der Waals surface area contributed by atoms with Crippen LogP contribution in [0.2, 0.25) is 0 Å². The number of rotatable bonds is 7. The molecule has 3 N–H and O–H groups in total. The molecule has 0 aliphatic rings. The van der Waals surface area contributed by atoms with E-state index in [0.717, 1.165) is 17.8 Å². The van der Waals surface area contributed by atoms with E-state index in [9.17, 15) is 8.42 Å². The molecule has 0 aliphatic heterocycles. The first-order valence-corrected chi connectivity index (χ1v) is 8.23. The summed E-state index contributed by atoms with van der Waals surface area (Å²) < 4.78 is 27.0. The second-order valence-electron chi connectivity index (χ2n) is 3.96. The van der Waals surface area contributed by atoms with Crippen molar-refractivity contribution in [1.82, 2.24) is 20.0 Å². The summed E-state index contributed by atoms with van der Waals surface area (Å²) in [5.74, 6) is 0. The maximum absolute atomic E-state index is 12.1. The average Bonchev–Trinajstić information content (AvgIpc) is 3.05. The minimum atomic E-state index is -3.45. The molecule has 104 valence electrons. The van der Waals surface area contributed by atoms with Gasteiger partial charge in [0.15, 0.2) is 0 Å². The van der Waals surface area contributed by atoms with E-state index in [1.54, 1.807) is 12.3 Å². The normalized spacial score (nSPS) is 11.8. The maximum atomic E-state index is 12.1. The zero-order valence-corrected chi connectivity index (χ0v) is 12.1. The summed E-state index contributed by atoms with van der Waals surface area (Å²) in [7, 11) is -3.45. The number of hydrogen-bond donors (Lipinski definition) is 3. The highest BCUT2D eigenvalue weighted by molar-refractivity contribution is 7.91. The zero-order valence-electron chi connectivity index (χ0n) is 10.5. The fourth-order valence-corrected chi connectivity index (χ4v) is 3.74. The number of sulfonamides is 1. The molecule has 0 aliphatic carbocycles. The Morgan fingerprint density at radius 2 is 2.26 bits per heavy atom. The molecule has 8 heteroatoms. The van der Waals surface area contributed by atoms with E-state index in [1.807, 2.05) is 12.3 Å². The van der Waals surface area contributed by atoms with Crippen LogP contribution in [0.5, 0.6) is 0 Å². The van der Waals surface area contributed by atoms with E-state index < -0.39 is 10.0 Å². The van der Waals surface area contributed by atoms with Gasteiger partial charge in [-0.05, 0) is 23.6 Å². The fraction of sp³-hybridized carbons (Fsp3) is 0.364. The quantitative estimate of drug-likeness (QED) is 0.713. The monoisotopic (exact) mass is 300 g/mol. The van der Waals surface area contributed by atoms with Gasteiger partial charge in [0, 0.05) is 18.4 Å². The van der Waals surface area contributed by atoms with Crippen molar-refractivity contribution >= 4 is 21.4 Å². The molecule has 6 nitrogen and oxygen atoms in total. The van der Waals surface area contributed by atoms with Crippen molar-refractivity contribution in [3.8, 4) is 0 Å². The summed E-state index contributed by atoms with van der Waals surface area (Å²) >= 11 is 1.23. The van der Waals surface area contributed by atoms with E-state index in [-0.39, 0.29) is 6.54 Å². The van der Waals surface area contributed by atoms with Crippen molar-refractivity contribution in [2.24, 2.45) is 0 Å². The van der Waals surface area contributed by atoms with Gasteiger partial charge in [-0.1, -0.05) is 6.92 Å². The first kappa shape index (κ1) is 14.2. The van der Waals surface area contributed by atoms with E-state index >= 15 is 0 Å². The molecule has 0 bridgehead atoms. The number of thiophene rings is 1. The Hall–Kier alpha value is -1.22. The molecule has 2 aromatic heterocycles. The van der Waals surface area contributed by atoms with Crippen LogP contribution >= 0.6 is 11.3 Å². The molecular formula is C11H16N4O2S2. The van der Waals surface area contributed by atoms with Crippen LogP contribution in [0.1, 0.15) is 18.2 Å². The van der Waals surface area contributed by atoms with Crippen LogP contribution in [0.15, 0.2) is 28.2 Å². The Morgan fingerprint density at radius 3 is 2.95 bits per heavy atom. The van der Waals surface area contributed by atoms with Gasteiger partial charge < -0.3 is 10.3 Å². The summed E-state index contributed by atoms with van der Waals surface area (Å²) in [4.78, 5) is 6.69. The van der Waals surface area contributed by atoms with Gasteiger partial charge >= 0.3 is 0 Å². The maximum Gasteiger partial charge on any atom is 0.250 e. The van der Waals surface area contributed by atoms with Crippen molar-refractivity contribution in [2.45, 2.75) is 24.2 Å². The topological polar surface area (TPSA) is 86.9 Å². The summed E-state index contributed by atoms with van der Waals surface area (Å²) in [5, 5.41) is 5.02. The van der Waals surface area contributed by atoms with Gasteiger partial charge in [-0.15, -0.1) is 11.3 Å². The number of nitrogens with zero attached hydrogens (tertiary/aromatic N) is 1. The summed E-state index contributed by atoms with van der Waals surface area (Å²) in [6, 6.07) is 1.70. The smallest absolute Gasteiger partial charge is 0.250 e. The van der Waals surface area contributed by atoms with Gasteiger partial charge in [-0.25, -0.2) is 18.1 Å². The number of nitrogens with one attached hydrogen (secondary N) is 3. The minimum absolute atomic E-state index is 0.211. The number of aromatic nitrogens is 2. The molecule has 0 aromatic carbocycles. The van der Waals surface area contributed by atoms with E-state index in [0.29, 0.717) is 10.8 Å². The van der Waals surface area contributed by atoms with Gasteiger partial charge in [0.2, 0.25) is 10.0 Å². The van der Waals surface area contributed by atoms with Gasteiger partial charge in [0.1, 0.15) is 4.21 Å². The molecule has 0 spiro atoms. The standard InChI is InChI=1S/C11H16N4O2S2/c1-2-12-4-9-3-11(18-7-9)19(16,17)15-6-10-5-13-8-14-10/h3,5,7-8,12,15H,2,4,6H2,1H3,(H,13,14). The number of hydrogen-bond acceptors (Lipinski definition) is 5. The van der Waals surface area contributed by atoms with Crippen LogP contribution in [0, 0.1) is 0 Å². The molecule has 2 heterocycles. The van der Waals surface area contributed by atoms with Crippen LogP contribution in [-0.2, 0) is 23.1 Å². The summed E-state index contributed by atoms with van der Waals surface area (Å²) in [6.45, 7) is 3.76. The minimum Gasteiger partial charge on any atom is -0.347 e. The summed E-state index contributed by atoms with van der Waals surface area (Å²) in [6.07, 6.45) is 3.11. The van der Waals surface area contributed by atoms with Crippen molar-refractivity contribution in [1.29, 1.82) is 0 Å². The molecule has 0 unspecified atom stereocenters. The number of imidazole rings is 1. The molecule has 0 saturated carbocycles. The third kappa shape index (κ3) is 3.87. The van der Waals surface area contributed by atoms with Crippen molar-refractivity contribution in [2.75, 3.05) is 6.54 Å². The molecule has 0 saturated heterocycles. The van der Waals surface area contributed by atoms with Crippen molar-refractivity contribution in [3.63, 3.8) is 0 Å². The van der Waals surface area contributed by atoms with Crippen LogP contribution in [0.3, 0.4) is 0 Å². The highest BCUT2D eigenvalue weighted by Crippen LogP contribution is 2.20. The Morgan fingerprint density at radius 1 is 1.42 bits per heavy atom. The lowest BCUT2D eigenvalue weighted by molar-refractivity contribution is 0.582. The van der Waals surface area contributed by atoms with Crippen LogP contribution in [-0.4, -0.2) is 24.9 Å². The molecule has 0 radical (unpaired) electrons. The zero-order chi connectivity index (χ0) is 13.7. The largest absolute Gasteiger partial charge is 0.347 e. The molecule has 0 amide bonds. The predicted octanol–water partition coefficient (Wildman–Crippen LogP) is 1.06. The first-order chi connectivity index (χ1) is 9.12. The Kier molecular flexibility index (Phi) is 4.70. The molecule has 0 fully saturated rings. The van der Waals surface area contributed by atoms with Crippen molar-refractivity contribution in [3.05, 3.63) is 35.2 Å². The Labute approximate surface area is 116 Å². The molecule has 0 atom stereocenters. The highest BCUT2D eigenvalue weighted by atomic mass is 32.2. The van der Waals surface area contributed by atoms with E-state index in [2.05, 4.69) is 20.0 Å². The lowest BCUT2D eigenvalue weighted by atomic mass is 10.3. The van der Waals surface area contributed by atoms with Gasteiger partial charge in [0.05, 0.1) is 12.9 Å².